The first kappa shape index (κ1) is 20.6. The Kier molecular flexibility index (Phi) is 7.28. The van der Waals surface area contributed by atoms with Crippen LogP contribution >= 0.6 is 0 Å². The van der Waals surface area contributed by atoms with Crippen molar-refractivity contribution in [2.45, 2.75) is 51.2 Å². The summed E-state index contributed by atoms with van der Waals surface area (Å²) < 4.78 is 5.44. The van der Waals surface area contributed by atoms with Crippen molar-refractivity contribution in [2.24, 2.45) is 5.92 Å². The Hall–Kier alpha value is -2.12. The lowest BCUT2D eigenvalue weighted by atomic mass is 9.88. The number of amides is 3. The lowest BCUT2D eigenvalue weighted by molar-refractivity contribution is -0.155. The van der Waals surface area contributed by atoms with Crippen LogP contribution in [0, 0.1) is 5.92 Å². The van der Waals surface area contributed by atoms with Crippen molar-refractivity contribution in [3.05, 3.63) is 29.8 Å². The quantitative estimate of drug-likeness (QED) is 0.698. The zero-order valence-corrected chi connectivity index (χ0v) is 16.5. The van der Waals surface area contributed by atoms with E-state index in [1.807, 2.05) is 11.8 Å². The molecule has 1 saturated heterocycles. The number of aliphatic hydroxyl groups is 1. The van der Waals surface area contributed by atoms with Crippen molar-refractivity contribution in [1.29, 1.82) is 0 Å². The smallest absolute Gasteiger partial charge is 0.319 e. The average Bonchev–Trinajstić information content (AvgIpc) is 2.70. The van der Waals surface area contributed by atoms with E-state index in [0.717, 1.165) is 12.8 Å². The van der Waals surface area contributed by atoms with Crippen molar-refractivity contribution < 1.29 is 19.4 Å². The van der Waals surface area contributed by atoms with Crippen molar-refractivity contribution in [1.82, 2.24) is 10.2 Å². The molecule has 0 spiro atoms. The molecule has 3 amide bonds. The lowest BCUT2D eigenvalue weighted by Crippen LogP contribution is -2.53. The molecule has 28 heavy (non-hydrogen) atoms. The van der Waals surface area contributed by atoms with Crippen molar-refractivity contribution in [2.75, 3.05) is 31.6 Å². The van der Waals surface area contributed by atoms with E-state index in [2.05, 4.69) is 10.6 Å². The normalized spacial score (nSPS) is 22.0. The van der Waals surface area contributed by atoms with Crippen LogP contribution < -0.4 is 10.6 Å². The Morgan fingerprint density at radius 2 is 1.96 bits per heavy atom. The molecule has 2 unspecified atom stereocenters. The van der Waals surface area contributed by atoms with Gasteiger partial charge in [0.05, 0.1) is 12.6 Å². The number of urea groups is 1. The molecule has 1 heterocycles. The average molecular weight is 389 g/mol. The van der Waals surface area contributed by atoms with E-state index >= 15 is 0 Å². The van der Waals surface area contributed by atoms with Crippen LogP contribution in [0.25, 0.3) is 0 Å². The lowest BCUT2D eigenvalue weighted by Gasteiger charge is -2.40. The molecule has 0 radical (unpaired) electrons. The number of carbonyl (C=O) groups excluding carboxylic acids is 2. The third kappa shape index (κ3) is 5.23. The van der Waals surface area contributed by atoms with Crippen LogP contribution in [-0.2, 0) is 9.53 Å². The number of ether oxygens (including phenoxy) is 1. The molecule has 2 aliphatic rings. The number of morpholine rings is 1. The molecule has 1 aliphatic carbocycles. The van der Waals surface area contributed by atoms with Gasteiger partial charge in [-0.2, -0.15) is 0 Å². The van der Waals surface area contributed by atoms with E-state index in [0.29, 0.717) is 36.9 Å². The van der Waals surface area contributed by atoms with Gasteiger partial charge < -0.3 is 25.4 Å². The summed E-state index contributed by atoms with van der Waals surface area (Å²) in [6.45, 7) is 3.52. The van der Waals surface area contributed by atoms with E-state index < -0.39 is 6.10 Å². The summed E-state index contributed by atoms with van der Waals surface area (Å²) in [5.41, 5.74) is 1.36. The maximum atomic E-state index is 12.5. The van der Waals surface area contributed by atoms with E-state index in [4.69, 9.17) is 4.74 Å². The number of benzene rings is 1. The number of hydrogen-bond donors (Lipinski definition) is 3. The Balaban J connectivity index is 1.66. The second-order valence-electron chi connectivity index (χ2n) is 7.68. The van der Waals surface area contributed by atoms with E-state index in [1.54, 1.807) is 24.3 Å². The summed E-state index contributed by atoms with van der Waals surface area (Å²) in [5, 5.41) is 16.4. The molecule has 1 saturated carbocycles. The van der Waals surface area contributed by atoms with Gasteiger partial charge in [-0.1, -0.05) is 31.4 Å². The molecule has 1 aromatic rings. The minimum absolute atomic E-state index is 0.0459. The molecule has 3 N–H and O–H groups in total. The van der Waals surface area contributed by atoms with Gasteiger partial charge in [0.25, 0.3) is 0 Å². The predicted molar refractivity (Wildman–Crippen MR) is 107 cm³/mol. The SMILES string of the molecule is CCNC(=O)Nc1ccc(C(O)C2COCC(=O)N2CC2CCCCC2)cc1. The van der Waals surface area contributed by atoms with Gasteiger partial charge in [-0.15, -0.1) is 0 Å². The number of rotatable bonds is 6. The first-order valence-electron chi connectivity index (χ1n) is 10.3. The van der Waals surface area contributed by atoms with Crippen LogP contribution in [0.3, 0.4) is 0 Å². The van der Waals surface area contributed by atoms with E-state index in [1.165, 1.54) is 19.3 Å². The standard InChI is InChI=1S/C21H31N3O4/c1-2-22-21(27)23-17-10-8-16(9-11-17)20(26)18-13-28-14-19(25)24(18)12-15-6-4-3-5-7-15/h8-11,15,18,20,26H,2-7,12-14H2,1H3,(H2,22,23,27). The second-order valence-corrected chi connectivity index (χ2v) is 7.68. The zero-order valence-electron chi connectivity index (χ0n) is 16.5. The van der Waals surface area contributed by atoms with E-state index in [-0.39, 0.29) is 24.6 Å². The van der Waals surface area contributed by atoms with Gasteiger partial charge in [-0.05, 0) is 43.4 Å². The maximum Gasteiger partial charge on any atom is 0.319 e. The van der Waals surface area contributed by atoms with Crippen LogP contribution in [0.5, 0.6) is 0 Å². The number of carbonyl (C=O) groups is 2. The molecule has 2 atom stereocenters. The summed E-state index contributed by atoms with van der Waals surface area (Å²) in [4.78, 5) is 25.9. The topological polar surface area (TPSA) is 90.9 Å². The molecule has 7 nitrogen and oxygen atoms in total. The number of anilines is 1. The van der Waals surface area contributed by atoms with E-state index in [9.17, 15) is 14.7 Å². The molecular weight excluding hydrogens is 358 g/mol. The summed E-state index contributed by atoms with van der Waals surface area (Å²) in [7, 11) is 0. The van der Waals surface area contributed by atoms with Gasteiger partial charge in [0.15, 0.2) is 0 Å². The number of aliphatic hydroxyl groups excluding tert-OH is 1. The van der Waals surface area contributed by atoms with Gasteiger partial charge in [0.2, 0.25) is 5.91 Å². The van der Waals surface area contributed by atoms with Gasteiger partial charge in [-0.3, -0.25) is 4.79 Å². The molecule has 1 aliphatic heterocycles. The fourth-order valence-corrected chi connectivity index (χ4v) is 4.09. The second kappa shape index (κ2) is 9.89. The first-order chi connectivity index (χ1) is 13.6. The molecule has 7 heteroatoms. The van der Waals surface area contributed by atoms with Crippen LogP contribution in [0.15, 0.2) is 24.3 Å². The van der Waals surface area contributed by atoms with Crippen LogP contribution in [0.4, 0.5) is 10.5 Å². The Bertz CT molecular complexity index is 658. The number of nitrogens with one attached hydrogen (secondary N) is 2. The highest BCUT2D eigenvalue weighted by molar-refractivity contribution is 5.89. The minimum Gasteiger partial charge on any atom is -0.386 e. The third-order valence-electron chi connectivity index (χ3n) is 5.63. The van der Waals surface area contributed by atoms with Crippen molar-refractivity contribution >= 4 is 17.6 Å². The van der Waals surface area contributed by atoms with Gasteiger partial charge >= 0.3 is 6.03 Å². The minimum atomic E-state index is -0.827. The molecular formula is C21H31N3O4. The highest BCUT2D eigenvalue weighted by Crippen LogP contribution is 2.30. The fraction of sp³-hybridized carbons (Fsp3) is 0.619. The highest BCUT2D eigenvalue weighted by Gasteiger charge is 2.36. The van der Waals surface area contributed by atoms with Crippen LogP contribution in [0.2, 0.25) is 0 Å². The van der Waals surface area contributed by atoms with Gasteiger partial charge in [0.1, 0.15) is 12.7 Å². The van der Waals surface area contributed by atoms with Crippen molar-refractivity contribution in [3.63, 3.8) is 0 Å². The molecule has 1 aromatic carbocycles. The van der Waals surface area contributed by atoms with Crippen molar-refractivity contribution in [3.8, 4) is 0 Å². The summed E-state index contributed by atoms with van der Waals surface area (Å²) in [6.07, 6.45) is 5.18. The maximum absolute atomic E-state index is 12.5. The summed E-state index contributed by atoms with van der Waals surface area (Å²) in [5.74, 6) is 0.463. The monoisotopic (exact) mass is 389 g/mol. The molecule has 0 bridgehead atoms. The largest absolute Gasteiger partial charge is 0.386 e. The van der Waals surface area contributed by atoms with Crippen LogP contribution in [-0.4, -0.2) is 54.3 Å². The van der Waals surface area contributed by atoms with Gasteiger partial charge in [0, 0.05) is 18.8 Å². The first-order valence-corrected chi connectivity index (χ1v) is 10.3. The number of nitrogens with zero attached hydrogens (tertiary/aromatic N) is 1. The third-order valence-corrected chi connectivity index (χ3v) is 5.63. The molecule has 0 aromatic heterocycles. The summed E-state index contributed by atoms with van der Waals surface area (Å²) >= 11 is 0. The highest BCUT2D eigenvalue weighted by atomic mass is 16.5. The zero-order chi connectivity index (χ0) is 19.9. The fourth-order valence-electron chi connectivity index (χ4n) is 4.09. The van der Waals surface area contributed by atoms with Crippen LogP contribution in [0.1, 0.15) is 50.7 Å². The Morgan fingerprint density at radius 3 is 2.64 bits per heavy atom. The van der Waals surface area contributed by atoms with Gasteiger partial charge in [-0.25, -0.2) is 4.79 Å². The predicted octanol–water partition coefficient (Wildman–Crippen LogP) is 2.67. The summed E-state index contributed by atoms with van der Waals surface area (Å²) in [6, 6.07) is 6.43. The Morgan fingerprint density at radius 1 is 1.25 bits per heavy atom. The molecule has 3 rings (SSSR count). The number of hydrogen-bond acceptors (Lipinski definition) is 4. The Labute approximate surface area is 166 Å². The molecule has 2 fully saturated rings. The molecule has 154 valence electrons.